The van der Waals surface area contributed by atoms with Gasteiger partial charge in [-0.1, -0.05) is 0 Å². The number of carbonyl (C=O) groups excluding carboxylic acids is 2. The van der Waals surface area contributed by atoms with Crippen LogP contribution < -0.4 is 10.6 Å². The van der Waals surface area contributed by atoms with Gasteiger partial charge >= 0.3 is 5.97 Å². The molecular weight excluding hydrogens is 308 g/mol. The number of esters is 1. The second kappa shape index (κ2) is 6.66. The highest BCUT2D eigenvalue weighted by Crippen LogP contribution is 2.20. The van der Waals surface area contributed by atoms with E-state index in [0.717, 1.165) is 18.5 Å². The summed E-state index contributed by atoms with van der Waals surface area (Å²) in [6, 6.07) is 8.68. The van der Waals surface area contributed by atoms with Crippen molar-refractivity contribution in [1.82, 2.24) is 15.3 Å². The van der Waals surface area contributed by atoms with E-state index in [1.807, 2.05) is 0 Å². The highest BCUT2D eigenvalue weighted by Gasteiger charge is 2.24. The van der Waals surface area contributed by atoms with E-state index in [2.05, 4.69) is 25.3 Å². The van der Waals surface area contributed by atoms with E-state index in [1.165, 1.54) is 7.11 Å². The number of hydrogen-bond donors (Lipinski definition) is 2. The van der Waals surface area contributed by atoms with Gasteiger partial charge in [-0.15, -0.1) is 0 Å². The molecular formula is C17H18N4O3. The number of hydrogen-bond acceptors (Lipinski definition) is 6. The molecule has 0 bridgehead atoms. The van der Waals surface area contributed by atoms with Gasteiger partial charge in [0.2, 0.25) is 0 Å². The predicted octanol–water partition coefficient (Wildman–Crippen LogP) is 2.21. The van der Waals surface area contributed by atoms with Crippen LogP contribution in [0.5, 0.6) is 0 Å². The molecule has 0 spiro atoms. The third kappa shape index (κ3) is 3.87. The lowest BCUT2D eigenvalue weighted by atomic mass is 10.2. The van der Waals surface area contributed by atoms with E-state index in [0.29, 0.717) is 22.9 Å². The Morgan fingerprint density at radius 3 is 2.50 bits per heavy atom. The van der Waals surface area contributed by atoms with Crippen LogP contribution in [0.15, 0.2) is 30.3 Å². The summed E-state index contributed by atoms with van der Waals surface area (Å²) in [5.41, 5.74) is 1.55. The van der Waals surface area contributed by atoms with Crippen LogP contribution in [0.25, 0.3) is 0 Å². The van der Waals surface area contributed by atoms with Crippen LogP contribution in [0.1, 0.15) is 39.5 Å². The number of nitrogens with zero attached hydrogens (tertiary/aromatic N) is 2. The molecule has 124 valence electrons. The number of aryl methyl sites for hydroxylation is 1. The first-order valence-corrected chi connectivity index (χ1v) is 7.67. The number of carbonyl (C=O) groups is 2. The van der Waals surface area contributed by atoms with Crippen molar-refractivity contribution in [3.63, 3.8) is 0 Å². The summed E-state index contributed by atoms with van der Waals surface area (Å²) in [4.78, 5) is 32.0. The fourth-order valence-electron chi connectivity index (χ4n) is 2.19. The number of amides is 1. The van der Waals surface area contributed by atoms with E-state index in [9.17, 15) is 9.59 Å². The summed E-state index contributed by atoms with van der Waals surface area (Å²) in [6.07, 6.45) is 2.04. The van der Waals surface area contributed by atoms with Gasteiger partial charge in [0.1, 0.15) is 17.3 Å². The van der Waals surface area contributed by atoms with E-state index < -0.39 is 5.97 Å². The van der Waals surface area contributed by atoms with Crippen molar-refractivity contribution in [2.75, 3.05) is 12.4 Å². The summed E-state index contributed by atoms with van der Waals surface area (Å²) in [6.45, 7) is 1.74. The first kappa shape index (κ1) is 15.9. The lowest BCUT2D eigenvalue weighted by Gasteiger charge is -2.09. The largest absolute Gasteiger partial charge is 0.465 e. The fourth-order valence-corrected chi connectivity index (χ4v) is 2.19. The number of methoxy groups -OCH3 is 1. The summed E-state index contributed by atoms with van der Waals surface area (Å²) in [7, 11) is 1.34. The SMILES string of the molecule is COC(=O)c1ccc(Nc2cc(C(=O)NC3CC3)nc(C)n2)cc1. The van der Waals surface area contributed by atoms with Crippen molar-refractivity contribution < 1.29 is 14.3 Å². The van der Waals surface area contributed by atoms with Gasteiger partial charge in [-0.3, -0.25) is 4.79 Å². The van der Waals surface area contributed by atoms with Gasteiger partial charge in [0.15, 0.2) is 0 Å². The van der Waals surface area contributed by atoms with Crippen LogP contribution in [-0.4, -0.2) is 35.0 Å². The third-order valence-electron chi connectivity index (χ3n) is 3.56. The van der Waals surface area contributed by atoms with E-state index in [4.69, 9.17) is 0 Å². The number of aromatic nitrogens is 2. The second-order valence-corrected chi connectivity index (χ2v) is 5.63. The summed E-state index contributed by atoms with van der Waals surface area (Å²) >= 11 is 0. The Balaban J connectivity index is 1.75. The molecule has 1 saturated carbocycles. The molecule has 1 amide bonds. The van der Waals surface area contributed by atoms with Crippen LogP contribution in [0.4, 0.5) is 11.5 Å². The second-order valence-electron chi connectivity index (χ2n) is 5.63. The number of rotatable bonds is 5. The molecule has 1 fully saturated rings. The van der Waals surface area contributed by atoms with Crippen LogP contribution in [-0.2, 0) is 4.74 Å². The average Bonchev–Trinajstić information content (AvgIpc) is 3.38. The highest BCUT2D eigenvalue weighted by molar-refractivity contribution is 5.93. The molecule has 0 radical (unpaired) electrons. The molecule has 1 aliphatic carbocycles. The highest BCUT2D eigenvalue weighted by atomic mass is 16.5. The van der Waals surface area contributed by atoms with Crippen LogP contribution in [0, 0.1) is 6.92 Å². The minimum atomic E-state index is -0.390. The smallest absolute Gasteiger partial charge is 0.337 e. The number of anilines is 2. The molecule has 7 nitrogen and oxygen atoms in total. The summed E-state index contributed by atoms with van der Waals surface area (Å²) in [5, 5.41) is 6.02. The molecule has 1 aliphatic rings. The maximum absolute atomic E-state index is 12.1. The standard InChI is InChI=1S/C17H18N4O3/c1-10-18-14(16(22)21-13-7-8-13)9-15(19-10)20-12-5-3-11(4-6-12)17(23)24-2/h3-6,9,13H,7-8H2,1-2H3,(H,21,22)(H,18,19,20). The molecule has 0 atom stereocenters. The van der Waals surface area contributed by atoms with Crippen molar-refractivity contribution in [3.05, 3.63) is 47.4 Å². The Morgan fingerprint density at radius 2 is 1.88 bits per heavy atom. The Labute approximate surface area is 139 Å². The molecule has 1 aromatic carbocycles. The predicted molar refractivity (Wildman–Crippen MR) is 88.3 cm³/mol. The molecule has 0 unspecified atom stereocenters. The lowest BCUT2D eigenvalue weighted by molar-refractivity contribution is 0.0600. The van der Waals surface area contributed by atoms with Crippen molar-refractivity contribution >= 4 is 23.4 Å². The number of benzene rings is 1. The Hall–Kier alpha value is -2.96. The van der Waals surface area contributed by atoms with E-state index >= 15 is 0 Å². The Bertz CT molecular complexity index is 770. The third-order valence-corrected chi connectivity index (χ3v) is 3.56. The van der Waals surface area contributed by atoms with Gasteiger partial charge < -0.3 is 15.4 Å². The van der Waals surface area contributed by atoms with E-state index in [-0.39, 0.29) is 11.9 Å². The summed E-state index contributed by atoms with van der Waals surface area (Å²) < 4.78 is 4.66. The minimum Gasteiger partial charge on any atom is -0.465 e. The maximum Gasteiger partial charge on any atom is 0.337 e. The number of ether oxygens (including phenoxy) is 1. The van der Waals surface area contributed by atoms with Gasteiger partial charge in [-0.2, -0.15) is 0 Å². The first-order valence-electron chi connectivity index (χ1n) is 7.67. The van der Waals surface area contributed by atoms with Gasteiger partial charge in [-0.25, -0.2) is 14.8 Å². The van der Waals surface area contributed by atoms with Crippen molar-refractivity contribution in [2.45, 2.75) is 25.8 Å². The van der Waals surface area contributed by atoms with Gasteiger partial charge in [0, 0.05) is 17.8 Å². The molecule has 24 heavy (non-hydrogen) atoms. The fraction of sp³-hybridized carbons (Fsp3) is 0.294. The van der Waals surface area contributed by atoms with Crippen molar-refractivity contribution in [1.29, 1.82) is 0 Å². The molecule has 0 saturated heterocycles. The first-order chi connectivity index (χ1) is 11.5. The topological polar surface area (TPSA) is 93.2 Å². The molecule has 0 aliphatic heterocycles. The zero-order valence-electron chi connectivity index (χ0n) is 13.5. The molecule has 2 N–H and O–H groups in total. The Kier molecular flexibility index (Phi) is 4.41. The van der Waals surface area contributed by atoms with Crippen molar-refractivity contribution in [3.8, 4) is 0 Å². The monoisotopic (exact) mass is 326 g/mol. The van der Waals surface area contributed by atoms with Crippen molar-refractivity contribution in [2.24, 2.45) is 0 Å². The van der Waals surface area contributed by atoms with Crippen LogP contribution in [0.2, 0.25) is 0 Å². The quantitative estimate of drug-likeness (QED) is 0.818. The molecule has 7 heteroatoms. The van der Waals surface area contributed by atoms with Gasteiger partial charge in [0.05, 0.1) is 12.7 Å². The molecule has 1 aromatic heterocycles. The zero-order valence-corrected chi connectivity index (χ0v) is 13.5. The normalized spacial score (nSPS) is 13.2. The summed E-state index contributed by atoms with van der Waals surface area (Å²) in [5.74, 6) is 0.451. The molecule has 1 heterocycles. The minimum absolute atomic E-state index is 0.188. The lowest BCUT2D eigenvalue weighted by Crippen LogP contribution is -2.26. The van der Waals surface area contributed by atoms with Gasteiger partial charge in [0.25, 0.3) is 5.91 Å². The Morgan fingerprint density at radius 1 is 1.17 bits per heavy atom. The van der Waals surface area contributed by atoms with E-state index in [1.54, 1.807) is 37.3 Å². The van der Waals surface area contributed by atoms with Crippen LogP contribution >= 0.6 is 0 Å². The maximum atomic E-state index is 12.1. The van der Waals surface area contributed by atoms with Gasteiger partial charge in [-0.05, 0) is 44.0 Å². The average molecular weight is 326 g/mol. The molecule has 2 aromatic rings. The van der Waals surface area contributed by atoms with Crippen LogP contribution in [0.3, 0.4) is 0 Å². The molecule has 3 rings (SSSR count). The zero-order chi connectivity index (χ0) is 17.1. The number of nitrogens with one attached hydrogen (secondary N) is 2.